The summed E-state index contributed by atoms with van der Waals surface area (Å²) in [5.74, 6) is 0. The van der Waals surface area contributed by atoms with E-state index in [0.29, 0.717) is 19.8 Å². The van der Waals surface area contributed by atoms with E-state index in [1.54, 1.807) is 0 Å². The van der Waals surface area contributed by atoms with Crippen molar-refractivity contribution in [3.05, 3.63) is 0 Å². The lowest BCUT2D eigenvalue weighted by Crippen LogP contribution is -2.61. The van der Waals surface area contributed by atoms with Crippen molar-refractivity contribution in [2.45, 2.75) is 90.0 Å². The minimum absolute atomic E-state index is 0.219. The summed E-state index contributed by atoms with van der Waals surface area (Å²) in [7, 11) is 0. The molecule has 0 aromatic carbocycles. The topological polar surface area (TPSA) is 77.4 Å². The van der Waals surface area contributed by atoms with Crippen LogP contribution < -0.4 is 0 Å². The van der Waals surface area contributed by atoms with Gasteiger partial charge >= 0.3 is 0 Å². The minimum Gasteiger partial charge on any atom is -0.394 e. The van der Waals surface area contributed by atoms with Crippen LogP contribution in [0.4, 0.5) is 0 Å². The van der Waals surface area contributed by atoms with Gasteiger partial charge in [0.25, 0.3) is 0 Å². The maximum atomic E-state index is 10.3. The van der Waals surface area contributed by atoms with Gasteiger partial charge in [0.05, 0.1) is 6.61 Å². The molecule has 1 saturated heterocycles. The second-order valence-electron chi connectivity index (χ2n) is 6.31. The van der Waals surface area contributed by atoms with Crippen LogP contribution in [-0.2, 0) is 18.9 Å². The lowest BCUT2D eigenvalue weighted by atomic mass is 9.98. The van der Waals surface area contributed by atoms with Crippen molar-refractivity contribution in [2.24, 2.45) is 0 Å². The standard InChI is InChI=1S/C18H36O6/c1-4-7-10-21-15-14(13-19)24-18(20)17(23-12-9-6-3)16(15)22-11-8-5-2/h14-20H,4-13H2,1-3H3/t14?,15-,16?,17?,18?/m1/s1. The van der Waals surface area contributed by atoms with Crippen LogP contribution in [0, 0.1) is 0 Å². The molecule has 24 heavy (non-hydrogen) atoms. The van der Waals surface area contributed by atoms with Gasteiger partial charge in [-0.05, 0) is 19.3 Å². The van der Waals surface area contributed by atoms with E-state index >= 15 is 0 Å². The Balaban J connectivity index is 2.79. The van der Waals surface area contributed by atoms with Gasteiger partial charge in [0.15, 0.2) is 6.29 Å². The van der Waals surface area contributed by atoms with Crippen LogP contribution in [0.2, 0.25) is 0 Å². The lowest BCUT2D eigenvalue weighted by Gasteiger charge is -2.44. The predicted molar refractivity (Wildman–Crippen MR) is 91.9 cm³/mol. The molecule has 6 heteroatoms. The summed E-state index contributed by atoms with van der Waals surface area (Å²) in [5.41, 5.74) is 0. The summed E-state index contributed by atoms with van der Waals surface area (Å²) in [6, 6.07) is 0. The SMILES string of the molecule is CCCCOC1C(O)OC(CO)[C@@H](OCCCC)C1OCCCC. The molecule has 4 unspecified atom stereocenters. The van der Waals surface area contributed by atoms with Crippen LogP contribution in [0.25, 0.3) is 0 Å². The zero-order valence-corrected chi connectivity index (χ0v) is 15.5. The van der Waals surface area contributed by atoms with Crippen molar-refractivity contribution in [2.75, 3.05) is 26.4 Å². The average Bonchev–Trinajstić information content (AvgIpc) is 2.58. The normalized spacial score (nSPS) is 30.6. The summed E-state index contributed by atoms with van der Waals surface area (Å²) in [5, 5.41) is 19.9. The van der Waals surface area contributed by atoms with Gasteiger partial charge in [-0.15, -0.1) is 0 Å². The Morgan fingerprint density at radius 3 is 1.67 bits per heavy atom. The zero-order chi connectivity index (χ0) is 17.8. The highest BCUT2D eigenvalue weighted by Crippen LogP contribution is 2.27. The second-order valence-corrected chi connectivity index (χ2v) is 6.31. The first-order valence-corrected chi connectivity index (χ1v) is 9.48. The molecule has 0 bridgehead atoms. The Hall–Kier alpha value is -0.240. The fraction of sp³-hybridized carbons (Fsp3) is 1.00. The average molecular weight is 348 g/mol. The van der Waals surface area contributed by atoms with Gasteiger partial charge in [0, 0.05) is 19.8 Å². The maximum absolute atomic E-state index is 10.3. The molecule has 0 aromatic rings. The molecule has 0 amide bonds. The van der Waals surface area contributed by atoms with Gasteiger partial charge in [-0.1, -0.05) is 40.0 Å². The van der Waals surface area contributed by atoms with Crippen molar-refractivity contribution in [3.8, 4) is 0 Å². The van der Waals surface area contributed by atoms with Gasteiger partial charge in [0.1, 0.15) is 24.4 Å². The van der Waals surface area contributed by atoms with E-state index in [-0.39, 0.29) is 6.61 Å². The van der Waals surface area contributed by atoms with Gasteiger partial charge in [0.2, 0.25) is 0 Å². The summed E-state index contributed by atoms with van der Waals surface area (Å²) in [6.45, 7) is 7.76. The molecule has 5 atom stereocenters. The molecule has 0 radical (unpaired) electrons. The molecule has 144 valence electrons. The van der Waals surface area contributed by atoms with Crippen LogP contribution in [0.5, 0.6) is 0 Å². The van der Waals surface area contributed by atoms with Gasteiger partial charge in [-0.3, -0.25) is 0 Å². The smallest absolute Gasteiger partial charge is 0.184 e. The molecule has 1 aliphatic rings. The second kappa shape index (κ2) is 13.0. The van der Waals surface area contributed by atoms with Crippen LogP contribution in [0.1, 0.15) is 59.3 Å². The Morgan fingerprint density at radius 2 is 1.21 bits per heavy atom. The molecular formula is C18H36O6. The number of hydrogen-bond donors (Lipinski definition) is 2. The van der Waals surface area contributed by atoms with E-state index in [0.717, 1.165) is 38.5 Å². The molecule has 0 aromatic heterocycles. The first-order chi connectivity index (χ1) is 11.7. The molecular weight excluding hydrogens is 312 g/mol. The quantitative estimate of drug-likeness (QED) is 0.497. The summed E-state index contributed by atoms with van der Waals surface area (Å²) in [4.78, 5) is 0. The van der Waals surface area contributed by atoms with Crippen molar-refractivity contribution in [1.29, 1.82) is 0 Å². The van der Waals surface area contributed by atoms with Crippen molar-refractivity contribution >= 4 is 0 Å². The largest absolute Gasteiger partial charge is 0.394 e. The Bertz CT molecular complexity index is 301. The number of aliphatic hydroxyl groups excluding tert-OH is 2. The Kier molecular flexibility index (Phi) is 11.8. The number of aliphatic hydroxyl groups is 2. The van der Waals surface area contributed by atoms with Crippen molar-refractivity contribution < 1.29 is 29.2 Å². The Labute approximate surface area is 146 Å². The highest BCUT2D eigenvalue weighted by Gasteiger charge is 2.47. The van der Waals surface area contributed by atoms with E-state index in [4.69, 9.17) is 18.9 Å². The summed E-state index contributed by atoms with van der Waals surface area (Å²) in [6.07, 6.45) is 2.65. The highest BCUT2D eigenvalue weighted by atomic mass is 16.7. The molecule has 0 aliphatic carbocycles. The first-order valence-electron chi connectivity index (χ1n) is 9.48. The molecule has 1 fully saturated rings. The third-order valence-electron chi connectivity index (χ3n) is 4.21. The number of ether oxygens (including phenoxy) is 4. The zero-order valence-electron chi connectivity index (χ0n) is 15.5. The number of rotatable bonds is 13. The third-order valence-corrected chi connectivity index (χ3v) is 4.21. The predicted octanol–water partition coefficient (Wildman–Crippen LogP) is 2.25. The van der Waals surface area contributed by atoms with Crippen LogP contribution >= 0.6 is 0 Å². The summed E-state index contributed by atoms with van der Waals surface area (Å²) < 4.78 is 23.3. The van der Waals surface area contributed by atoms with Crippen molar-refractivity contribution in [1.82, 2.24) is 0 Å². The molecule has 6 nitrogen and oxygen atoms in total. The fourth-order valence-electron chi connectivity index (χ4n) is 2.70. The van der Waals surface area contributed by atoms with Gasteiger partial charge in [-0.25, -0.2) is 0 Å². The van der Waals surface area contributed by atoms with Crippen LogP contribution in [0.15, 0.2) is 0 Å². The number of hydrogen-bond acceptors (Lipinski definition) is 6. The third kappa shape index (κ3) is 6.94. The highest BCUT2D eigenvalue weighted by molar-refractivity contribution is 4.92. The minimum atomic E-state index is -1.11. The van der Waals surface area contributed by atoms with Gasteiger partial charge in [-0.2, -0.15) is 0 Å². The molecule has 1 heterocycles. The van der Waals surface area contributed by atoms with Crippen LogP contribution in [0.3, 0.4) is 0 Å². The van der Waals surface area contributed by atoms with E-state index < -0.39 is 30.7 Å². The fourth-order valence-corrected chi connectivity index (χ4v) is 2.70. The molecule has 1 rings (SSSR count). The van der Waals surface area contributed by atoms with E-state index in [1.165, 1.54) is 0 Å². The lowest BCUT2D eigenvalue weighted by molar-refractivity contribution is -0.310. The Morgan fingerprint density at radius 1 is 0.750 bits per heavy atom. The van der Waals surface area contributed by atoms with Gasteiger partial charge < -0.3 is 29.2 Å². The van der Waals surface area contributed by atoms with Crippen LogP contribution in [-0.4, -0.2) is 67.3 Å². The molecule has 0 saturated carbocycles. The van der Waals surface area contributed by atoms with E-state index in [2.05, 4.69) is 20.8 Å². The maximum Gasteiger partial charge on any atom is 0.184 e. The number of unbranched alkanes of at least 4 members (excludes halogenated alkanes) is 3. The molecule has 0 spiro atoms. The van der Waals surface area contributed by atoms with E-state index in [9.17, 15) is 10.2 Å². The molecule has 2 N–H and O–H groups in total. The first kappa shape index (κ1) is 21.8. The van der Waals surface area contributed by atoms with E-state index in [1.807, 2.05) is 0 Å². The monoisotopic (exact) mass is 348 g/mol. The summed E-state index contributed by atoms with van der Waals surface area (Å²) >= 11 is 0. The van der Waals surface area contributed by atoms with Crippen molar-refractivity contribution in [3.63, 3.8) is 0 Å². The molecule has 1 aliphatic heterocycles.